The molecule has 1 rings (SSSR count). The lowest BCUT2D eigenvalue weighted by Gasteiger charge is -2.56. The Hall–Kier alpha value is -0.160. The van der Waals surface area contributed by atoms with E-state index < -0.39 is 5.79 Å². The van der Waals surface area contributed by atoms with E-state index in [1.165, 1.54) is 0 Å². The largest absolute Gasteiger partial charge is 0.351 e. The van der Waals surface area contributed by atoms with Crippen LogP contribution in [0.1, 0.15) is 26.7 Å². The van der Waals surface area contributed by atoms with E-state index in [-0.39, 0.29) is 5.54 Å². The second-order valence-corrected chi connectivity index (χ2v) is 4.31. The van der Waals surface area contributed by atoms with Gasteiger partial charge in [0.1, 0.15) is 0 Å². The van der Waals surface area contributed by atoms with Crippen LogP contribution in [0.15, 0.2) is 0 Å². The van der Waals surface area contributed by atoms with Crippen molar-refractivity contribution in [1.29, 1.82) is 0 Å². The molecule has 0 spiro atoms. The highest BCUT2D eigenvalue weighted by Gasteiger charge is 2.50. The van der Waals surface area contributed by atoms with Crippen molar-refractivity contribution < 1.29 is 9.47 Å². The highest BCUT2D eigenvalue weighted by Crippen LogP contribution is 2.35. The number of nitrogens with two attached hydrogens (primary N) is 1. The number of nitrogens with zero attached hydrogens (tertiary/aromatic N) is 1. The van der Waals surface area contributed by atoms with Crippen molar-refractivity contribution in [1.82, 2.24) is 4.90 Å². The molecule has 1 aliphatic rings. The van der Waals surface area contributed by atoms with E-state index in [0.717, 1.165) is 25.9 Å². The fourth-order valence-corrected chi connectivity index (χ4v) is 2.33. The van der Waals surface area contributed by atoms with Gasteiger partial charge < -0.3 is 15.2 Å². The van der Waals surface area contributed by atoms with Gasteiger partial charge in [-0.25, -0.2) is 0 Å². The summed E-state index contributed by atoms with van der Waals surface area (Å²) >= 11 is 0. The van der Waals surface area contributed by atoms with Gasteiger partial charge in [0.2, 0.25) is 0 Å². The molecule has 0 saturated carbocycles. The summed E-state index contributed by atoms with van der Waals surface area (Å²) in [5.74, 6) is -0.398. The molecule has 90 valence electrons. The second-order valence-electron chi connectivity index (χ2n) is 4.31. The minimum absolute atomic E-state index is 0.126. The molecule has 1 fully saturated rings. The van der Waals surface area contributed by atoms with E-state index in [4.69, 9.17) is 15.2 Å². The van der Waals surface area contributed by atoms with Crippen LogP contribution in [0.4, 0.5) is 0 Å². The first kappa shape index (κ1) is 12.9. The van der Waals surface area contributed by atoms with E-state index in [2.05, 4.69) is 18.7 Å². The Kier molecular flexibility index (Phi) is 4.12. The molecule has 0 aliphatic carbocycles. The van der Waals surface area contributed by atoms with Crippen LogP contribution in [0.5, 0.6) is 0 Å². The summed E-state index contributed by atoms with van der Waals surface area (Å²) in [5, 5.41) is 0. The Labute approximate surface area is 92.7 Å². The molecule has 4 heteroatoms. The Morgan fingerprint density at radius 1 is 1.20 bits per heavy atom. The number of likely N-dealkylation sites (tertiary alicyclic amines) is 1. The Balaban J connectivity index is 2.62. The maximum atomic E-state index is 5.89. The zero-order valence-electron chi connectivity index (χ0n) is 10.4. The van der Waals surface area contributed by atoms with Gasteiger partial charge in [-0.15, -0.1) is 0 Å². The Bertz CT molecular complexity index is 184. The standard InChI is InChI=1S/C11H24N2O2/c1-5-10(6-2,7-12)13-8-11(9-13,14-3)15-4/h5-9,12H2,1-4H3. The third kappa shape index (κ3) is 2.04. The molecule has 0 radical (unpaired) electrons. The summed E-state index contributed by atoms with van der Waals surface area (Å²) in [5.41, 5.74) is 6.01. The lowest BCUT2D eigenvalue weighted by Crippen LogP contribution is -2.72. The van der Waals surface area contributed by atoms with E-state index in [1.54, 1.807) is 14.2 Å². The topological polar surface area (TPSA) is 47.7 Å². The number of ether oxygens (including phenoxy) is 2. The monoisotopic (exact) mass is 216 g/mol. The van der Waals surface area contributed by atoms with Crippen molar-refractivity contribution in [3.63, 3.8) is 0 Å². The normalized spacial score (nSPS) is 21.4. The van der Waals surface area contributed by atoms with Gasteiger partial charge in [0.25, 0.3) is 0 Å². The second kappa shape index (κ2) is 4.78. The summed E-state index contributed by atoms with van der Waals surface area (Å²) in [7, 11) is 3.39. The predicted octanol–water partition coefficient (Wildman–Crippen LogP) is 0.809. The van der Waals surface area contributed by atoms with Crippen molar-refractivity contribution in [2.75, 3.05) is 33.9 Å². The third-order valence-corrected chi connectivity index (χ3v) is 3.97. The molecule has 0 aromatic rings. The first-order chi connectivity index (χ1) is 7.12. The van der Waals surface area contributed by atoms with Gasteiger partial charge in [-0.05, 0) is 12.8 Å². The average molecular weight is 216 g/mol. The molecule has 0 atom stereocenters. The quantitative estimate of drug-likeness (QED) is 0.667. The van der Waals surface area contributed by atoms with E-state index in [9.17, 15) is 0 Å². The molecule has 1 saturated heterocycles. The van der Waals surface area contributed by atoms with E-state index in [1.807, 2.05) is 0 Å². The molecule has 4 nitrogen and oxygen atoms in total. The fraction of sp³-hybridized carbons (Fsp3) is 1.00. The molecule has 0 unspecified atom stereocenters. The fourth-order valence-electron chi connectivity index (χ4n) is 2.33. The van der Waals surface area contributed by atoms with Gasteiger partial charge in [0.05, 0.1) is 13.1 Å². The molecule has 0 amide bonds. The SMILES string of the molecule is CCC(CC)(CN)N1CC(OC)(OC)C1. The van der Waals surface area contributed by atoms with Gasteiger partial charge in [-0.2, -0.15) is 0 Å². The highest BCUT2D eigenvalue weighted by molar-refractivity contribution is 5.01. The zero-order valence-corrected chi connectivity index (χ0v) is 10.4. The number of rotatable bonds is 6. The van der Waals surface area contributed by atoms with E-state index in [0.29, 0.717) is 6.54 Å². The van der Waals surface area contributed by atoms with Crippen LogP contribution in [0.2, 0.25) is 0 Å². The van der Waals surface area contributed by atoms with Crippen LogP contribution in [0.3, 0.4) is 0 Å². The molecule has 15 heavy (non-hydrogen) atoms. The van der Waals surface area contributed by atoms with Gasteiger partial charge in [0, 0.05) is 26.3 Å². The van der Waals surface area contributed by atoms with Crippen molar-refractivity contribution >= 4 is 0 Å². The molecule has 0 aromatic heterocycles. The minimum atomic E-state index is -0.398. The lowest BCUT2D eigenvalue weighted by molar-refractivity contribution is -0.292. The molecule has 2 N–H and O–H groups in total. The molecule has 0 aromatic carbocycles. The van der Waals surface area contributed by atoms with Crippen molar-refractivity contribution in [3.05, 3.63) is 0 Å². The first-order valence-electron chi connectivity index (χ1n) is 5.67. The molecule has 1 heterocycles. The summed E-state index contributed by atoms with van der Waals surface area (Å²) in [4.78, 5) is 2.38. The summed E-state index contributed by atoms with van der Waals surface area (Å²) < 4.78 is 10.8. The molecular formula is C11H24N2O2. The molecule has 0 bridgehead atoms. The number of hydrogen-bond donors (Lipinski definition) is 1. The number of hydrogen-bond acceptors (Lipinski definition) is 4. The summed E-state index contributed by atoms with van der Waals surface area (Å²) in [6.07, 6.45) is 2.15. The molecule has 1 aliphatic heterocycles. The molecular weight excluding hydrogens is 192 g/mol. The van der Waals surface area contributed by atoms with Crippen LogP contribution in [-0.2, 0) is 9.47 Å². The Morgan fingerprint density at radius 2 is 1.67 bits per heavy atom. The van der Waals surface area contributed by atoms with Crippen LogP contribution in [0, 0.1) is 0 Å². The highest BCUT2D eigenvalue weighted by atomic mass is 16.7. The van der Waals surface area contributed by atoms with Crippen molar-refractivity contribution in [3.8, 4) is 0 Å². The van der Waals surface area contributed by atoms with Crippen LogP contribution < -0.4 is 5.73 Å². The minimum Gasteiger partial charge on any atom is -0.351 e. The van der Waals surface area contributed by atoms with E-state index >= 15 is 0 Å². The first-order valence-corrected chi connectivity index (χ1v) is 5.67. The van der Waals surface area contributed by atoms with Gasteiger partial charge in [0.15, 0.2) is 5.79 Å². The zero-order chi connectivity index (χ0) is 11.5. The lowest BCUT2D eigenvalue weighted by atomic mass is 9.86. The van der Waals surface area contributed by atoms with Gasteiger partial charge in [-0.3, -0.25) is 4.90 Å². The van der Waals surface area contributed by atoms with Gasteiger partial charge >= 0.3 is 0 Å². The summed E-state index contributed by atoms with van der Waals surface area (Å²) in [6.45, 7) is 6.72. The maximum absolute atomic E-state index is 5.89. The van der Waals surface area contributed by atoms with Crippen molar-refractivity contribution in [2.45, 2.75) is 38.0 Å². The Morgan fingerprint density at radius 3 is 1.93 bits per heavy atom. The maximum Gasteiger partial charge on any atom is 0.193 e. The van der Waals surface area contributed by atoms with Crippen LogP contribution in [-0.4, -0.2) is 50.1 Å². The third-order valence-electron chi connectivity index (χ3n) is 3.97. The van der Waals surface area contributed by atoms with Crippen molar-refractivity contribution in [2.24, 2.45) is 5.73 Å². The van der Waals surface area contributed by atoms with Crippen LogP contribution >= 0.6 is 0 Å². The average Bonchev–Trinajstić information content (AvgIpc) is 2.24. The number of methoxy groups -OCH3 is 2. The van der Waals surface area contributed by atoms with Crippen LogP contribution in [0.25, 0.3) is 0 Å². The predicted molar refractivity (Wildman–Crippen MR) is 60.7 cm³/mol. The smallest absolute Gasteiger partial charge is 0.193 e. The van der Waals surface area contributed by atoms with Gasteiger partial charge in [-0.1, -0.05) is 13.8 Å². The summed E-state index contributed by atoms with van der Waals surface area (Å²) in [6, 6.07) is 0.